The summed E-state index contributed by atoms with van der Waals surface area (Å²) in [4.78, 5) is 1.14. The number of thiophene rings is 1. The van der Waals surface area contributed by atoms with Gasteiger partial charge in [-0.15, -0.1) is 11.3 Å². The van der Waals surface area contributed by atoms with E-state index in [1.165, 1.54) is 11.1 Å². The van der Waals surface area contributed by atoms with Gasteiger partial charge < -0.3 is 27.3 Å². The van der Waals surface area contributed by atoms with E-state index in [2.05, 4.69) is 59.2 Å². The van der Waals surface area contributed by atoms with Crippen LogP contribution in [0.3, 0.4) is 0 Å². The summed E-state index contributed by atoms with van der Waals surface area (Å²) in [7, 11) is 1.96. The van der Waals surface area contributed by atoms with E-state index in [1.54, 1.807) is 11.3 Å². The quantitative estimate of drug-likeness (QED) is 0.138. The first-order chi connectivity index (χ1) is 20.5. The van der Waals surface area contributed by atoms with Crippen molar-refractivity contribution in [2.75, 3.05) is 24.2 Å². The number of hydrogen-bond acceptors (Lipinski definition) is 6. The second-order valence-corrected chi connectivity index (χ2v) is 11.1. The first-order valence-electron chi connectivity index (χ1n) is 13.7. The predicted molar refractivity (Wildman–Crippen MR) is 179 cm³/mol. The van der Waals surface area contributed by atoms with Crippen molar-refractivity contribution in [2.24, 2.45) is 0 Å². The molecule has 0 spiro atoms. The van der Waals surface area contributed by atoms with Crippen molar-refractivity contribution < 1.29 is 4.74 Å². The van der Waals surface area contributed by atoms with Crippen molar-refractivity contribution in [3.05, 3.63) is 126 Å². The van der Waals surface area contributed by atoms with Crippen LogP contribution in [0.5, 0.6) is 11.5 Å². The summed E-state index contributed by atoms with van der Waals surface area (Å²) in [6.07, 6.45) is 0. The van der Waals surface area contributed by atoms with Gasteiger partial charge in [-0.3, -0.25) is 0 Å². The molecule has 5 aromatic carbocycles. The normalized spacial score (nSPS) is 11.0. The lowest BCUT2D eigenvalue weighted by Crippen LogP contribution is -2.06. The monoisotopic (exact) mass is 568 g/mol. The van der Waals surface area contributed by atoms with Gasteiger partial charge in [0, 0.05) is 45.7 Å². The van der Waals surface area contributed by atoms with Crippen LogP contribution in [0.4, 0.5) is 17.1 Å². The standard InChI is InChI=1S/C36H32N4OS/c1-40-22-26-5-2-3-8-32(26)24-11-14-35(39)34(20-24)23-9-12-30(13-10-23)41-31-19-27(18-29(38)21-31)33-15-16-42-36(33)25-6-4-7-28(37)17-25/h2-21,40H,22,37-39H2,1H3. The molecule has 0 aliphatic carbocycles. The molecule has 0 saturated heterocycles. The Morgan fingerprint density at radius 1 is 0.595 bits per heavy atom. The molecule has 5 nitrogen and oxygen atoms in total. The topological polar surface area (TPSA) is 99.3 Å². The minimum Gasteiger partial charge on any atom is -0.457 e. The van der Waals surface area contributed by atoms with Crippen molar-refractivity contribution in [2.45, 2.75) is 6.54 Å². The molecule has 0 bridgehead atoms. The van der Waals surface area contributed by atoms with Gasteiger partial charge in [0.2, 0.25) is 0 Å². The van der Waals surface area contributed by atoms with Crippen molar-refractivity contribution in [3.63, 3.8) is 0 Å². The lowest BCUT2D eigenvalue weighted by Gasteiger charge is -2.14. The number of nitrogens with one attached hydrogen (secondary N) is 1. The molecule has 0 radical (unpaired) electrons. The Balaban J connectivity index is 1.27. The maximum Gasteiger partial charge on any atom is 0.130 e. The number of nitrogens with two attached hydrogens (primary N) is 3. The van der Waals surface area contributed by atoms with E-state index < -0.39 is 0 Å². The fourth-order valence-electron chi connectivity index (χ4n) is 5.24. The smallest absolute Gasteiger partial charge is 0.130 e. The van der Waals surface area contributed by atoms with E-state index in [1.807, 2.05) is 73.8 Å². The van der Waals surface area contributed by atoms with Gasteiger partial charge in [-0.25, -0.2) is 0 Å². The summed E-state index contributed by atoms with van der Waals surface area (Å²) in [5, 5.41) is 5.33. The van der Waals surface area contributed by atoms with Crippen molar-refractivity contribution in [3.8, 4) is 55.3 Å². The van der Waals surface area contributed by atoms with Crippen LogP contribution < -0.4 is 27.3 Å². The lowest BCUT2D eigenvalue weighted by atomic mass is 9.95. The van der Waals surface area contributed by atoms with E-state index in [4.69, 9.17) is 21.9 Å². The zero-order valence-corrected chi connectivity index (χ0v) is 24.1. The van der Waals surface area contributed by atoms with Crippen LogP contribution in [0.15, 0.2) is 121 Å². The first-order valence-corrected chi connectivity index (χ1v) is 14.6. The Morgan fingerprint density at radius 3 is 2.19 bits per heavy atom. The second kappa shape index (κ2) is 11.8. The molecular formula is C36H32N4OS. The van der Waals surface area contributed by atoms with E-state index in [9.17, 15) is 0 Å². The average Bonchev–Trinajstić information content (AvgIpc) is 3.49. The Bertz CT molecular complexity index is 1860. The molecule has 7 N–H and O–H groups in total. The molecule has 42 heavy (non-hydrogen) atoms. The number of benzene rings is 5. The van der Waals surface area contributed by atoms with Crippen LogP contribution in [0.25, 0.3) is 43.8 Å². The molecule has 6 rings (SSSR count). The Labute approximate surface area is 250 Å². The number of ether oxygens (including phenoxy) is 1. The Morgan fingerprint density at radius 2 is 1.38 bits per heavy atom. The third kappa shape index (κ3) is 5.72. The highest BCUT2D eigenvalue weighted by Gasteiger charge is 2.13. The van der Waals surface area contributed by atoms with Gasteiger partial charge in [0.05, 0.1) is 0 Å². The lowest BCUT2D eigenvalue weighted by molar-refractivity contribution is 0.483. The van der Waals surface area contributed by atoms with Gasteiger partial charge in [0.15, 0.2) is 0 Å². The van der Waals surface area contributed by atoms with E-state index >= 15 is 0 Å². The maximum atomic E-state index is 6.44. The zero-order chi connectivity index (χ0) is 29.1. The van der Waals surface area contributed by atoms with Crippen LogP contribution in [0.2, 0.25) is 0 Å². The molecule has 0 unspecified atom stereocenters. The number of anilines is 3. The molecule has 208 valence electrons. The minimum absolute atomic E-state index is 0.631. The fraction of sp³-hybridized carbons (Fsp3) is 0.0556. The largest absolute Gasteiger partial charge is 0.457 e. The SMILES string of the molecule is CNCc1ccccc1-c1ccc(N)c(-c2ccc(Oc3cc(N)cc(-c4ccsc4-c4cccc(N)c4)c3)cc2)c1. The molecule has 1 aromatic heterocycles. The van der Waals surface area contributed by atoms with Gasteiger partial charge in [-0.2, -0.15) is 0 Å². The Hall–Kier alpha value is -5.04. The first kappa shape index (κ1) is 27.1. The highest BCUT2D eigenvalue weighted by atomic mass is 32.1. The molecule has 1 heterocycles. The van der Waals surface area contributed by atoms with Crippen LogP contribution >= 0.6 is 11.3 Å². The van der Waals surface area contributed by atoms with Crippen LogP contribution in [0.1, 0.15) is 5.56 Å². The average molecular weight is 569 g/mol. The summed E-state index contributed by atoms with van der Waals surface area (Å²) in [5.41, 5.74) is 29.6. The van der Waals surface area contributed by atoms with Crippen molar-refractivity contribution in [1.82, 2.24) is 5.32 Å². The molecule has 0 aliphatic heterocycles. The maximum absolute atomic E-state index is 6.44. The predicted octanol–water partition coefficient (Wildman–Crippen LogP) is 8.67. The summed E-state index contributed by atoms with van der Waals surface area (Å²) in [6, 6.07) is 38.5. The van der Waals surface area contributed by atoms with E-state index in [0.717, 1.165) is 56.2 Å². The molecule has 0 saturated carbocycles. The Kier molecular flexibility index (Phi) is 7.64. The highest BCUT2D eigenvalue weighted by molar-refractivity contribution is 7.14. The molecular weight excluding hydrogens is 536 g/mol. The van der Waals surface area contributed by atoms with Gasteiger partial charge >= 0.3 is 0 Å². The molecule has 0 amide bonds. The van der Waals surface area contributed by atoms with Gasteiger partial charge in [-0.1, -0.05) is 54.6 Å². The van der Waals surface area contributed by atoms with Crippen LogP contribution in [-0.4, -0.2) is 7.05 Å². The molecule has 6 aromatic rings. The van der Waals surface area contributed by atoms with Gasteiger partial charge in [0.25, 0.3) is 0 Å². The summed E-state index contributed by atoms with van der Waals surface area (Å²) < 4.78 is 6.28. The van der Waals surface area contributed by atoms with Crippen molar-refractivity contribution in [1.29, 1.82) is 0 Å². The number of nitrogen functional groups attached to an aromatic ring is 3. The van der Waals surface area contributed by atoms with Crippen LogP contribution in [0, 0.1) is 0 Å². The van der Waals surface area contributed by atoms with Crippen LogP contribution in [-0.2, 0) is 6.54 Å². The molecule has 0 aliphatic rings. The minimum atomic E-state index is 0.631. The number of hydrogen-bond donors (Lipinski definition) is 4. The number of rotatable bonds is 8. The summed E-state index contributed by atoms with van der Waals surface area (Å²) >= 11 is 1.67. The molecule has 0 fully saturated rings. The third-order valence-electron chi connectivity index (χ3n) is 7.20. The third-order valence-corrected chi connectivity index (χ3v) is 8.17. The summed E-state index contributed by atoms with van der Waals surface area (Å²) in [6.45, 7) is 0.794. The van der Waals surface area contributed by atoms with E-state index in [0.29, 0.717) is 17.2 Å². The van der Waals surface area contributed by atoms with Gasteiger partial charge in [-0.05, 0) is 100 Å². The van der Waals surface area contributed by atoms with E-state index in [-0.39, 0.29) is 0 Å². The molecule has 6 heteroatoms. The fourth-order valence-corrected chi connectivity index (χ4v) is 6.15. The summed E-state index contributed by atoms with van der Waals surface area (Å²) in [5.74, 6) is 1.39. The molecule has 0 atom stereocenters. The van der Waals surface area contributed by atoms with Crippen molar-refractivity contribution >= 4 is 28.4 Å². The highest BCUT2D eigenvalue weighted by Crippen LogP contribution is 2.40. The zero-order valence-electron chi connectivity index (χ0n) is 23.3. The van der Waals surface area contributed by atoms with Gasteiger partial charge in [0.1, 0.15) is 11.5 Å². The second-order valence-electron chi connectivity index (χ2n) is 10.2.